The molecule has 5 heteroatoms. The number of halogens is 1. The van der Waals surface area contributed by atoms with Crippen LogP contribution in [0.3, 0.4) is 0 Å². The second kappa shape index (κ2) is 6.39. The highest BCUT2D eigenvalue weighted by molar-refractivity contribution is 9.10. The number of carbonyl (C=O) groups is 2. The van der Waals surface area contributed by atoms with Crippen LogP contribution in [0.2, 0.25) is 0 Å². The summed E-state index contributed by atoms with van der Waals surface area (Å²) in [7, 11) is 0. The van der Waals surface area contributed by atoms with Gasteiger partial charge in [-0.25, -0.2) is 0 Å². The predicted octanol–water partition coefficient (Wildman–Crippen LogP) is 3.43. The van der Waals surface area contributed by atoms with Crippen LogP contribution < -0.4 is 4.74 Å². The van der Waals surface area contributed by atoms with Crippen LogP contribution in [0.1, 0.15) is 32.1 Å². The molecule has 0 heterocycles. The summed E-state index contributed by atoms with van der Waals surface area (Å²) >= 11 is 3.35. The van der Waals surface area contributed by atoms with E-state index in [9.17, 15) is 14.7 Å². The van der Waals surface area contributed by atoms with Crippen molar-refractivity contribution in [2.75, 3.05) is 6.61 Å². The number of rotatable bonds is 5. The van der Waals surface area contributed by atoms with Crippen LogP contribution in [0, 0.1) is 5.41 Å². The normalized spacial score (nSPS) is 22.6. The van der Waals surface area contributed by atoms with E-state index < -0.39 is 11.4 Å². The van der Waals surface area contributed by atoms with Crippen LogP contribution in [0.25, 0.3) is 0 Å². The van der Waals surface area contributed by atoms with Crippen molar-refractivity contribution in [2.45, 2.75) is 32.1 Å². The van der Waals surface area contributed by atoms with Gasteiger partial charge in [-0.1, -0.05) is 28.4 Å². The summed E-state index contributed by atoms with van der Waals surface area (Å²) in [5.74, 6) is -0.502. The zero-order chi connectivity index (χ0) is 14.6. The van der Waals surface area contributed by atoms with Gasteiger partial charge in [-0.05, 0) is 31.0 Å². The van der Waals surface area contributed by atoms with Gasteiger partial charge in [0.15, 0.2) is 0 Å². The summed E-state index contributed by atoms with van der Waals surface area (Å²) in [6.07, 6.45) is 2.59. The molecule has 0 aliphatic heterocycles. The molecule has 0 amide bonds. The van der Waals surface area contributed by atoms with Crippen molar-refractivity contribution in [1.82, 2.24) is 0 Å². The molecule has 0 radical (unpaired) electrons. The largest absolute Gasteiger partial charge is 0.494 e. The molecule has 0 saturated heterocycles. The second-order valence-electron chi connectivity index (χ2n) is 5.07. The molecule has 4 nitrogen and oxygen atoms in total. The van der Waals surface area contributed by atoms with Crippen molar-refractivity contribution in [1.29, 1.82) is 0 Å². The maximum Gasteiger partial charge on any atom is 0.317 e. The molecule has 1 atom stereocenters. The van der Waals surface area contributed by atoms with Gasteiger partial charge in [-0.2, -0.15) is 0 Å². The molecule has 0 spiro atoms. The SMILES string of the molecule is O=C(O)C1(CCOc2cccc(Br)c2)CCCCC1=O. The third kappa shape index (κ3) is 3.20. The van der Waals surface area contributed by atoms with E-state index in [-0.39, 0.29) is 18.8 Å². The summed E-state index contributed by atoms with van der Waals surface area (Å²) in [4.78, 5) is 23.5. The van der Waals surface area contributed by atoms with Crippen LogP contribution in [-0.4, -0.2) is 23.5 Å². The number of aliphatic carboxylic acids is 1. The lowest BCUT2D eigenvalue weighted by atomic mass is 9.71. The first-order valence-electron chi connectivity index (χ1n) is 6.70. The predicted molar refractivity (Wildman–Crippen MR) is 77.8 cm³/mol. The lowest BCUT2D eigenvalue weighted by molar-refractivity contribution is -0.158. The van der Waals surface area contributed by atoms with E-state index >= 15 is 0 Å². The Labute approximate surface area is 126 Å². The quantitative estimate of drug-likeness (QED) is 0.834. The van der Waals surface area contributed by atoms with E-state index in [1.54, 1.807) is 6.07 Å². The Bertz CT molecular complexity index is 514. The first-order chi connectivity index (χ1) is 9.54. The molecular weight excluding hydrogens is 324 g/mol. The van der Waals surface area contributed by atoms with E-state index in [2.05, 4.69) is 15.9 Å². The molecule has 1 aromatic rings. The van der Waals surface area contributed by atoms with Crippen molar-refractivity contribution in [3.63, 3.8) is 0 Å². The number of ether oxygens (including phenoxy) is 1. The molecule has 108 valence electrons. The van der Waals surface area contributed by atoms with Gasteiger partial charge >= 0.3 is 5.97 Å². The summed E-state index contributed by atoms with van der Waals surface area (Å²) < 4.78 is 6.47. The monoisotopic (exact) mass is 340 g/mol. The Morgan fingerprint density at radius 1 is 1.40 bits per heavy atom. The number of Topliss-reactive ketones (excluding diaryl/α,β-unsaturated/α-hetero) is 1. The van der Waals surface area contributed by atoms with E-state index in [4.69, 9.17) is 4.74 Å². The molecule has 0 aromatic heterocycles. The number of benzene rings is 1. The molecule has 1 saturated carbocycles. The number of hydrogen-bond donors (Lipinski definition) is 1. The zero-order valence-corrected chi connectivity index (χ0v) is 12.7. The standard InChI is InChI=1S/C15H17BrO4/c16-11-4-3-5-12(10-11)20-9-8-15(14(18)19)7-2-1-6-13(15)17/h3-5,10H,1-2,6-9H2,(H,18,19). The van der Waals surface area contributed by atoms with E-state index in [1.807, 2.05) is 18.2 Å². The van der Waals surface area contributed by atoms with Crippen LogP contribution in [0.4, 0.5) is 0 Å². The van der Waals surface area contributed by atoms with E-state index in [1.165, 1.54) is 0 Å². The molecule has 1 N–H and O–H groups in total. The van der Waals surface area contributed by atoms with Crippen molar-refractivity contribution in [2.24, 2.45) is 5.41 Å². The molecule has 1 unspecified atom stereocenters. The highest BCUT2D eigenvalue weighted by Gasteiger charge is 2.46. The fourth-order valence-corrected chi connectivity index (χ4v) is 2.97. The third-order valence-corrected chi connectivity index (χ3v) is 4.29. The van der Waals surface area contributed by atoms with Crippen molar-refractivity contribution in [3.05, 3.63) is 28.7 Å². The molecule has 1 aromatic carbocycles. The highest BCUT2D eigenvalue weighted by Crippen LogP contribution is 2.37. The minimum absolute atomic E-state index is 0.158. The van der Waals surface area contributed by atoms with Crippen LogP contribution in [0.5, 0.6) is 5.75 Å². The van der Waals surface area contributed by atoms with Crippen molar-refractivity contribution >= 4 is 27.7 Å². The van der Waals surface area contributed by atoms with Crippen LogP contribution in [0.15, 0.2) is 28.7 Å². The van der Waals surface area contributed by atoms with Gasteiger partial charge in [-0.3, -0.25) is 9.59 Å². The topological polar surface area (TPSA) is 63.6 Å². The summed E-state index contributed by atoms with van der Waals surface area (Å²) in [6, 6.07) is 7.35. The number of hydrogen-bond acceptors (Lipinski definition) is 3. The highest BCUT2D eigenvalue weighted by atomic mass is 79.9. The van der Waals surface area contributed by atoms with Gasteiger partial charge in [0.1, 0.15) is 16.9 Å². The maximum absolute atomic E-state index is 12.0. The van der Waals surface area contributed by atoms with Gasteiger partial charge in [0, 0.05) is 17.3 Å². The molecule has 1 fully saturated rings. The Kier molecular flexibility index (Phi) is 4.81. The number of carboxylic acids is 1. The van der Waals surface area contributed by atoms with Crippen molar-refractivity contribution < 1.29 is 19.4 Å². The summed E-state index contributed by atoms with van der Waals surface area (Å²) in [5, 5.41) is 9.42. The lowest BCUT2D eigenvalue weighted by Crippen LogP contribution is -2.42. The molecule has 2 rings (SSSR count). The molecule has 0 bridgehead atoms. The molecule has 20 heavy (non-hydrogen) atoms. The first kappa shape index (κ1) is 15.0. The third-order valence-electron chi connectivity index (χ3n) is 3.79. The van der Waals surface area contributed by atoms with E-state index in [0.717, 1.165) is 17.3 Å². The molecule has 1 aliphatic carbocycles. The minimum atomic E-state index is -1.25. The zero-order valence-electron chi connectivity index (χ0n) is 11.1. The van der Waals surface area contributed by atoms with Gasteiger partial charge in [0.25, 0.3) is 0 Å². The summed E-state index contributed by atoms with van der Waals surface area (Å²) in [5.41, 5.74) is -1.25. The summed E-state index contributed by atoms with van der Waals surface area (Å²) in [6.45, 7) is 0.231. The average Bonchev–Trinajstić information content (AvgIpc) is 2.41. The van der Waals surface area contributed by atoms with Gasteiger partial charge in [0.2, 0.25) is 0 Å². The number of carbonyl (C=O) groups excluding carboxylic acids is 1. The molecular formula is C15H17BrO4. The Balaban J connectivity index is 1.99. The van der Waals surface area contributed by atoms with Crippen LogP contribution >= 0.6 is 15.9 Å². The van der Waals surface area contributed by atoms with Crippen LogP contribution in [-0.2, 0) is 9.59 Å². The Morgan fingerprint density at radius 3 is 2.85 bits per heavy atom. The lowest BCUT2D eigenvalue weighted by Gasteiger charge is -2.31. The molecule has 1 aliphatic rings. The Hall–Kier alpha value is -1.36. The fourth-order valence-electron chi connectivity index (χ4n) is 2.59. The maximum atomic E-state index is 12.0. The van der Waals surface area contributed by atoms with Gasteiger partial charge in [-0.15, -0.1) is 0 Å². The minimum Gasteiger partial charge on any atom is -0.494 e. The van der Waals surface area contributed by atoms with Gasteiger partial charge < -0.3 is 9.84 Å². The first-order valence-corrected chi connectivity index (χ1v) is 7.49. The fraction of sp³-hybridized carbons (Fsp3) is 0.467. The smallest absolute Gasteiger partial charge is 0.317 e. The number of carboxylic acid groups (broad SMARTS) is 1. The second-order valence-corrected chi connectivity index (χ2v) is 5.99. The van der Waals surface area contributed by atoms with Gasteiger partial charge in [0.05, 0.1) is 6.61 Å². The van der Waals surface area contributed by atoms with Crippen molar-refractivity contribution in [3.8, 4) is 5.75 Å². The average molecular weight is 341 g/mol. The van der Waals surface area contributed by atoms with E-state index in [0.29, 0.717) is 18.6 Å². The Morgan fingerprint density at radius 2 is 2.20 bits per heavy atom. The number of ketones is 1.